The van der Waals surface area contributed by atoms with Crippen molar-refractivity contribution in [1.29, 1.82) is 0 Å². The van der Waals surface area contributed by atoms with Crippen LogP contribution in [0.25, 0.3) is 0 Å². The van der Waals surface area contributed by atoms with Gasteiger partial charge >= 0.3 is 0 Å². The SMILES string of the molecule is CSC[C@@H]1C[C@@H]2CCC[C@@H]2N1.Cl. The van der Waals surface area contributed by atoms with Gasteiger partial charge in [0, 0.05) is 17.8 Å². The van der Waals surface area contributed by atoms with Gasteiger partial charge in [-0.25, -0.2) is 0 Å². The van der Waals surface area contributed by atoms with Crippen LogP contribution in [0.5, 0.6) is 0 Å². The lowest BCUT2D eigenvalue weighted by atomic mass is 10.0. The van der Waals surface area contributed by atoms with Crippen molar-refractivity contribution in [2.75, 3.05) is 12.0 Å². The molecule has 0 bridgehead atoms. The molecule has 0 aromatic carbocycles. The van der Waals surface area contributed by atoms with E-state index in [4.69, 9.17) is 0 Å². The average molecular weight is 208 g/mol. The molecule has 12 heavy (non-hydrogen) atoms. The highest BCUT2D eigenvalue weighted by atomic mass is 35.5. The molecule has 0 unspecified atom stereocenters. The zero-order valence-corrected chi connectivity index (χ0v) is 9.22. The predicted octanol–water partition coefficient (Wildman–Crippen LogP) is 2.30. The second kappa shape index (κ2) is 4.73. The van der Waals surface area contributed by atoms with Crippen molar-refractivity contribution < 1.29 is 0 Å². The number of halogens is 1. The highest BCUT2D eigenvalue weighted by molar-refractivity contribution is 7.98. The molecule has 2 fully saturated rings. The lowest BCUT2D eigenvalue weighted by molar-refractivity contribution is 0.518. The summed E-state index contributed by atoms with van der Waals surface area (Å²) in [6.07, 6.45) is 8.05. The summed E-state index contributed by atoms with van der Waals surface area (Å²) in [5, 5.41) is 3.73. The molecule has 0 spiro atoms. The molecule has 1 aliphatic carbocycles. The zero-order valence-electron chi connectivity index (χ0n) is 7.58. The van der Waals surface area contributed by atoms with Gasteiger partial charge in [-0.15, -0.1) is 12.4 Å². The van der Waals surface area contributed by atoms with E-state index in [0.29, 0.717) is 0 Å². The highest BCUT2D eigenvalue weighted by Crippen LogP contribution is 2.35. The Morgan fingerprint density at radius 1 is 1.42 bits per heavy atom. The lowest BCUT2D eigenvalue weighted by Gasteiger charge is -2.10. The fraction of sp³-hybridized carbons (Fsp3) is 1.00. The molecule has 2 aliphatic rings. The molecular weight excluding hydrogens is 190 g/mol. The Hall–Kier alpha value is 0.600. The summed E-state index contributed by atoms with van der Waals surface area (Å²) in [6.45, 7) is 0. The summed E-state index contributed by atoms with van der Waals surface area (Å²) < 4.78 is 0. The fourth-order valence-corrected chi connectivity index (χ4v) is 3.23. The number of thioether (sulfide) groups is 1. The molecule has 0 amide bonds. The molecule has 0 aromatic heterocycles. The first-order valence-electron chi connectivity index (χ1n) is 4.65. The first-order valence-corrected chi connectivity index (χ1v) is 6.04. The van der Waals surface area contributed by atoms with Gasteiger partial charge in [0.25, 0.3) is 0 Å². The number of rotatable bonds is 2. The second-order valence-corrected chi connectivity index (χ2v) is 4.76. The molecule has 72 valence electrons. The van der Waals surface area contributed by atoms with Gasteiger partial charge in [0.2, 0.25) is 0 Å². The molecule has 1 heterocycles. The molecule has 1 saturated heterocycles. The Bertz CT molecular complexity index is 130. The highest BCUT2D eigenvalue weighted by Gasteiger charge is 2.35. The Balaban J connectivity index is 0.000000720. The maximum absolute atomic E-state index is 3.73. The van der Waals surface area contributed by atoms with Crippen LogP contribution in [0.4, 0.5) is 0 Å². The normalized spacial score (nSPS) is 39.2. The third-order valence-corrected chi connectivity index (χ3v) is 3.80. The van der Waals surface area contributed by atoms with E-state index < -0.39 is 0 Å². The van der Waals surface area contributed by atoms with E-state index in [1.807, 2.05) is 11.8 Å². The van der Waals surface area contributed by atoms with Gasteiger partial charge in [-0.05, 0) is 31.4 Å². The third kappa shape index (κ3) is 2.09. The summed E-state index contributed by atoms with van der Waals surface area (Å²) in [5.41, 5.74) is 0. The third-order valence-electron chi connectivity index (χ3n) is 3.06. The standard InChI is InChI=1S/C9H17NS.ClH/c1-11-6-8-5-7-3-2-4-9(7)10-8;/h7-10H,2-6H2,1H3;1H/t7-,8-,9-;/m0./s1. The Kier molecular flexibility index (Phi) is 4.21. The number of hydrogen-bond donors (Lipinski definition) is 1. The van der Waals surface area contributed by atoms with Crippen molar-refractivity contribution in [2.24, 2.45) is 5.92 Å². The summed E-state index contributed by atoms with van der Waals surface area (Å²) >= 11 is 1.98. The van der Waals surface area contributed by atoms with Gasteiger partial charge in [0.1, 0.15) is 0 Å². The Labute approximate surface area is 85.5 Å². The Morgan fingerprint density at radius 3 is 2.92 bits per heavy atom. The van der Waals surface area contributed by atoms with Crippen molar-refractivity contribution in [1.82, 2.24) is 5.32 Å². The first kappa shape index (κ1) is 10.7. The molecule has 2 rings (SSSR count). The smallest absolute Gasteiger partial charge is 0.0164 e. The van der Waals surface area contributed by atoms with Crippen LogP contribution in [0.2, 0.25) is 0 Å². The molecule has 0 aromatic rings. The summed E-state index contributed by atoms with van der Waals surface area (Å²) in [6, 6.07) is 1.73. The van der Waals surface area contributed by atoms with Crippen LogP contribution in [-0.4, -0.2) is 24.1 Å². The maximum atomic E-state index is 3.73. The number of fused-ring (bicyclic) bond motifs is 1. The van der Waals surface area contributed by atoms with Gasteiger partial charge in [-0.3, -0.25) is 0 Å². The van der Waals surface area contributed by atoms with Gasteiger partial charge < -0.3 is 5.32 Å². The van der Waals surface area contributed by atoms with Crippen LogP contribution < -0.4 is 5.32 Å². The van der Waals surface area contributed by atoms with Crippen molar-refractivity contribution >= 4 is 24.2 Å². The van der Waals surface area contributed by atoms with E-state index in [2.05, 4.69) is 11.6 Å². The van der Waals surface area contributed by atoms with Crippen LogP contribution in [0, 0.1) is 5.92 Å². The number of nitrogens with one attached hydrogen (secondary N) is 1. The van der Waals surface area contributed by atoms with Crippen molar-refractivity contribution in [3.8, 4) is 0 Å². The predicted molar refractivity (Wildman–Crippen MR) is 58.3 cm³/mol. The zero-order chi connectivity index (χ0) is 7.68. The minimum Gasteiger partial charge on any atom is -0.310 e. The molecule has 0 radical (unpaired) electrons. The summed E-state index contributed by atoms with van der Waals surface area (Å²) in [5.74, 6) is 2.35. The van der Waals surface area contributed by atoms with Gasteiger partial charge in [-0.2, -0.15) is 11.8 Å². The minimum atomic E-state index is 0. The quantitative estimate of drug-likeness (QED) is 0.746. The van der Waals surface area contributed by atoms with Crippen LogP contribution in [0.1, 0.15) is 25.7 Å². The van der Waals surface area contributed by atoms with E-state index in [0.717, 1.165) is 18.0 Å². The van der Waals surface area contributed by atoms with Crippen LogP contribution in [0.15, 0.2) is 0 Å². The van der Waals surface area contributed by atoms with E-state index in [-0.39, 0.29) is 12.4 Å². The molecule has 1 aliphatic heterocycles. The topological polar surface area (TPSA) is 12.0 Å². The summed E-state index contributed by atoms with van der Waals surface area (Å²) in [7, 11) is 0. The molecule has 1 N–H and O–H groups in total. The van der Waals surface area contributed by atoms with Crippen molar-refractivity contribution in [3.63, 3.8) is 0 Å². The molecule has 1 nitrogen and oxygen atoms in total. The van der Waals surface area contributed by atoms with Crippen LogP contribution in [0.3, 0.4) is 0 Å². The van der Waals surface area contributed by atoms with E-state index in [1.54, 1.807) is 0 Å². The Morgan fingerprint density at radius 2 is 2.25 bits per heavy atom. The van der Waals surface area contributed by atoms with Crippen molar-refractivity contribution in [2.45, 2.75) is 37.8 Å². The lowest BCUT2D eigenvalue weighted by Crippen LogP contribution is -2.30. The second-order valence-electron chi connectivity index (χ2n) is 3.85. The summed E-state index contributed by atoms with van der Waals surface area (Å²) in [4.78, 5) is 0. The van der Waals surface area contributed by atoms with Gasteiger partial charge in [0.05, 0.1) is 0 Å². The van der Waals surface area contributed by atoms with Gasteiger partial charge in [0.15, 0.2) is 0 Å². The monoisotopic (exact) mass is 207 g/mol. The first-order chi connectivity index (χ1) is 5.40. The molecular formula is C9H18ClNS. The van der Waals surface area contributed by atoms with E-state index in [9.17, 15) is 0 Å². The number of hydrogen-bond acceptors (Lipinski definition) is 2. The largest absolute Gasteiger partial charge is 0.310 e. The minimum absolute atomic E-state index is 0. The fourth-order valence-electron chi connectivity index (χ4n) is 2.59. The van der Waals surface area contributed by atoms with Crippen LogP contribution in [-0.2, 0) is 0 Å². The molecule has 1 saturated carbocycles. The molecule has 3 heteroatoms. The van der Waals surface area contributed by atoms with Crippen LogP contribution >= 0.6 is 24.2 Å². The van der Waals surface area contributed by atoms with Gasteiger partial charge in [-0.1, -0.05) is 6.42 Å². The maximum Gasteiger partial charge on any atom is 0.0164 e. The van der Waals surface area contributed by atoms with E-state index >= 15 is 0 Å². The molecule has 3 atom stereocenters. The average Bonchev–Trinajstić information content (AvgIpc) is 2.46. The van der Waals surface area contributed by atoms with E-state index in [1.165, 1.54) is 31.4 Å². The van der Waals surface area contributed by atoms with Crippen molar-refractivity contribution in [3.05, 3.63) is 0 Å².